The van der Waals surface area contributed by atoms with E-state index in [9.17, 15) is 4.79 Å². The molecule has 0 saturated carbocycles. The summed E-state index contributed by atoms with van der Waals surface area (Å²) >= 11 is 1.46. The van der Waals surface area contributed by atoms with Crippen molar-refractivity contribution in [2.24, 2.45) is 5.73 Å². The minimum absolute atomic E-state index is 0.0894. The zero-order valence-corrected chi connectivity index (χ0v) is 10.9. The number of ether oxygens (including phenoxy) is 1. The number of nitrogens with zero attached hydrogens (tertiary/aromatic N) is 1. The second-order valence-electron chi connectivity index (χ2n) is 3.73. The molecule has 0 spiro atoms. The lowest BCUT2D eigenvalue weighted by molar-refractivity contribution is 0.103. The van der Waals surface area contributed by atoms with Crippen LogP contribution in [-0.2, 0) is 6.42 Å². The Morgan fingerprint density at radius 3 is 3.06 bits per heavy atom. The van der Waals surface area contributed by atoms with Crippen molar-refractivity contribution in [2.75, 3.05) is 13.7 Å². The van der Waals surface area contributed by atoms with Crippen LogP contribution in [0.4, 0.5) is 0 Å². The third kappa shape index (κ3) is 2.75. The summed E-state index contributed by atoms with van der Waals surface area (Å²) in [5, 5.41) is 2.66. The van der Waals surface area contributed by atoms with E-state index in [1.54, 1.807) is 36.8 Å². The highest BCUT2D eigenvalue weighted by molar-refractivity contribution is 7.09. The van der Waals surface area contributed by atoms with Gasteiger partial charge in [-0.25, -0.2) is 4.98 Å². The van der Waals surface area contributed by atoms with Gasteiger partial charge >= 0.3 is 0 Å². The Hall–Kier alpha value is -1.72. The molecular weight excluding hydrogens is 248 g/mol. The second kappa shape index (κ2) is 5.75. The van der Waals surface area contributed by atoms with Gasteiger partial charge < -0.3 is 10.5 Å². The van der Waals surface area contributed by atoms with E-state index >= 15 is 0 Å². The summed E-state index contributed by atoms with van der Waals surface area (Å²) in [6.45, 7) is 0.542. The van der Waals surface area contributed by atoms with Crippen molar-refractivity contribution in [3.8, 4) is 5.75 Å². The van der Waals surface area contributed by atoms with E-state index < -0.39 is 0 Å². The Labute approximate surface area is 109 Å². The van der Waals surface area contributed by atoms with E-state index in [2.05, 4.69) is 4.98 Å². The summed E-state index contributed by atoms with van der Waals surface area (Å²) in [4.78, 5) is 16.5. The van der Waals surface area contributed by atoms with Gasteiger partial charge in [0.1, 0.15) is 11.4 Å². The van der Waals surface area contributed by atoms with Crippen LogP contribution in [0.5, 0.6) is 5.75 Å². The van der Waals surface area contributed by atoms with E-state index in [4.69, 9.17) is 10.5 Å². The highest BCUT2D eigenvalue weighted by Gasteiger charge is 2.13. The fourth-order valence-electron chi connectivity index (χ4n) is 1.57. The zero-order valence-electron chi connectivity index (χ0n) is 10.1. The van der Waals surface area contributed by atoms with Gasteiger partial charge in [0.15, 0.2) is 0 Å². The number of hydrogen-bond acceptors (Lipinski definition) is 5. The quantitative estimate of drug-likeness (QED) is 0.836. The predicted octanol–water partition coefficient (Wildman–Crippen LogP) is 1.88. The molecule has 0 fully saturated rings. The Morgan fingerprint density at radius 1 is 1.50 bits per heavy atom. The van der Waals surface area contributed by atoms with Crippen LogP contribution in [0.3, 0.4) is 0 Å². The number of nitrogens with two attached hydrogens (primary N) is 1. The molecule has 1 aromatic heterocycles. The Morgan fingerprint density at radius 2 is 2.33 bits per heavy atom. The van der Waals surface area contributed by atoms with Crippen LogP contribution in [0.1, 0.15) is 21.1 Å². The third-order valence-corrected chi connectivity index (χ3v) is 3.38. The van der Waals surface area contributed by atoms with Crippen molar-refractivity contribution < 1.29 is 9.53 Å². The first kappa shape index (κ1) is 12.7. The van der Waals surface area contributed by atoms with Crippen molar-refractivity contribution >= 4 is 17.1 Å². The van der Waals surface area contributed by atoms with Gasteiger partial charge in [0.25, 0.3) is 0 Å². The molecule has 4 nitrogen and oxygen atoms in total. The lowest BCUT2D eigenvalue weighted by Crippen LogP contribution is -2.05. The summed E-state index contributed by atoms with van der Waals surface area (Å²) < 4.78 is 5.10. The fourth-order valence-corrected chi connectivity index (χ4v) is 2.36. The number of thiazole rings is 1. The highest BCUT2D eigenvalue weighted by Crippen LogP contribution is 2.18. The smallest absolute Gasteiger partial charge is 0.212 e. The van der Waals surface area contributed by atoms with Crippen LogP contribution in [0.25, 0.3) is 0 Å². The van der Waals surface area contributed by atoms with E-state index in [0.717, 1.165) is 5.01 Å². The standard InChI is InChI=1S/C13H14N2O2S/c1-17-10-4-2-3-9(7-10)13(16)11-8-18-12(15-11)5-6-14/h2-4,7-8H,5-6,14H2,1H3. The van der Waals surface area contributed by atoms with Crippen molar-refractivity contribution in [3.63, 3.8) is 0 Å². The maximum atomic E-state index is 12.2. The summed E-state index contributed by atoms with van der Waals surface area (Å²) in [5.41, 5.74) is 6.51. The van der Waals surface area contributed by atoms with Gasteiger partial charge in [-0.1, -0.05) is 12.1 Å². The maximum Gasteiger partial charge on any atom is 0.212 e. The first-order valence-corrected chi connectivity index (χ1v) is 6.46. The lowest BCUT2D eigenvalue weighted by atomic mass is 10.1. The molecule has 0 aliphatic heterocycles. The first-order valence-electron chi connectivity index (χ1n) is 5.58. The van der Waals surface area contributed by atoms with Crippen molar-refractivity contribution in [1.82, 2.24) is 4.98 Å². The molecule has 0 bridgehead atoms. The van der Waals surface area contributed by atoms with Crippen molar-refractivity contribution in [3.05, 3.63) is 45.9 Å². The van der Waals surface area contributed by atoms with Crippen LogP contribution in [-0.4, -0.2) is 24.4 Å². The van der Waals surface area contributed by atoms with Gasteiger partial charge in [-0.2, -0.15) is 0 Å². The van der Waals surface area contributed by atoms with Gasteiger partial charge in [-0.3, -0.25) is 4.79 Å². The molecule has 0 saturated heterocycles. The average molecular weight is 262 g/mol. The normalized spacial score (nSPS) is 10.3. The summed E-state index contributed by atoms with van der Waals surface area (Å²) in [7, 11) is 1.58. The number of carbonyl (C=O) groups is 1. The fraction of sp³-hybridized carbons (Fsp3) is 0.231. The van der Waals surface area contributed by atoms with Gasteiger partial charge in [0.2, 0.25) is 5.78 Å². The average Bonchev–Trinajstić information content (AvgIpc) is 2.87. The lowest BCUT2D eigenvalue weighted by Gasteiger charge is -2.01. The van der Waals surface area contributed by atoms with Crippen LogP contribution in [0.2, 0.25) is 0 Å². The number of benzene rings is 1. The molecule has 5 heteroatoms. The minimum atomic E-state index is -0.0894. The van der Waals surface area contributed by atoms with Crippen molar-refractivity contribution in [1.29, 1.82) is 0 Å². The molecule has 2 rings (SSSR count). The third-order valence-electron chi connectivity index (χ3n) is 2.47. The summed E-state index contributed by atoms with van der Waals surface area (Å²) in [5.74, 6) is 0.576. The number of aromatic nitrogens is 1. The molecule has 2 N–H and O–H groups in total. The molecular formula is C13H14N2O2S. The van der Waals surface area contributed by atoms with Crippen LogP contribution in [0, 0.1) is 0 Å². The number of carbonyl (C=O) groups excluding carboxylic acids is 1. The second-order valence-corrected chi connectivity index (χ2v) is 4.67. The number of ketones is 1. The minimum Gasteiger partial charge on any atom is -0.497 e. The number of rotatable bonds is 5. The van der Waals surface area contributed by atoms with Crippen LogP contribution >= 0.6 is 11.3 Å². The first-order chi connectivity index (χ1) is 8.74. The van der Waals surface area contributed by atoms with Crippen LogP contribution in [0.15, 0.2) is 29.6 Å². The zero-order chi connectivity index (χ0) is 13.0. The van der Waals surface area contributed by atoms with E-state index in [1.807, 2.05) is 0 Å². The maximum absolute atomic E-state index is 12.2. The molecule has 0 unspecified atom stereocenters. The Kier molecular flexibility index (Phi) is 4.07. The molecule has 2 aromatic rings. The van der Waals surface area contributed by atoms with Gasteiger partial charge in [-0.05, 0) is 18.7 Å². The molecule has 94 valence electrons. The summed E-state index contributed by atoms with van der Waals surface area (Å²) in [6, 6.07) is 7.06. The monoisotopic (exact) mass is 262 g/mol. The van der Waals surface area contributed by atoms with Crippen LogP contribution < -0.4 is 10.5 Å². The number of methoxy groups -OCH3 is 1. The van der Waals surface area contributed by atoms with E-state index in [0.29, 0.717) is 30.0 Å². The van der Waals surface area contributed by atoms with E-state index in [-0.39, 0.29) is 5.78 Å². The molecule has 0 amide bonds. The Balaban J connectivity index is 2.23. The molecule has 18 heavy (non-hydrogen) atoms. The molecule has 0 aliphatic rings. The predicted molar refractivity (Wildman–Crippen MR) is 71.3 cm³/mol. The van der Waals surface area contributed by atoms with Gasteiger partial charge in [-0.15, -0.1) is 11.3 Å². The summed E-state index contributed by atoms with van der Waals surface area (Å²) in [6.07, 6.45) is 0.704. The van der Waals surface area contributed by atoms with Crippen molar-refractivity contribution in [2.45, 2.75) is 6.42 Å². The molecule has 1 aromatic carbocycles. The van der Waals surface area contributed by atoms with Gasteiger partial charge in [0, 0.05) is 17.4 Å². The number of hydrogen-bond donors (Lipinski definition) is 1. The SMILES string of the molecule is COc1cccc(C(=O)c2csc(CCN)n2)c1. The molecule has 0 aliphatic carbocycles. The van der Waals surface area contributed by atoms with E-state index in [1.165, 1.54) is 11.3 Å². The topological polar surface area (TPSA) is 65.2 Å². The van der Waals surface area contributed by atoms with Gasteiger partial charge in [0.05, 0.1) is 12.1 Å². The molecule has 0 radical (unpaired) electrons. The molecule has 1 heterocycles. The molecule has 0 atom stereocenters. The largest absolute Gasteiger partial charge is 0.497 e. The Bertz CT molecular complexity index is 551. The highest BCUT2D eigenvalue weighted by atomic mass is 32.1.